The Morgan fingerprint density at radius 3 is 2.56 bits per heavy atom. The van der Waals surface area contributed by atoms with Crippen LogP contribution in [-0.2, 0) is 7.05 Å². The number of hydrogen-bond donors (Lipinski definition) is 2. The lowest BCUT2D eigenvalue weighted by molar-refractivity contribution is 0.791. The minimum absolute atomic E-state index is 0.463. The minimum Gasteiger partial charge on any atom is -0.335 e. The van der Waals surface area contributed by atoms with E-state index >= 15 is 0 Å². The van der Waals surface area contributed by atoms with E-state index in [2.05, 4.69) is 15.8 Å². The van der Waals surface area contributed by atoms with E-state index in [1.165, 1.54) is 0 Å². The number of anilines is 1. The summed E-state index contributed by atoms with van der Waals surface area (Å²) in [6.45, 7) is 0. The lowest BCUT2D eigenvalue weighted by atomic mass is 10.3. The van der Waals surface area contributed by atoms with Crippen molar-refractivity contribution >= 4 is 23.0 Å². The third-order valence-corrected chi connectivity index (χ3v) is 2.52. The zero-order chi connectivity index (χ0) is 12.8. The maximum Gasteiger partial charge on any atom is 0.191 e. The molecule has 0 radical (unpaired) electrons. The van der Waals surface area contributed by atoms with Crippen LogP contribution in [0, 0.1) is 0 Å². The Balaban J connectivity index is 2.01. The number of nitrogens with one attached hydrogen (secondary N) is 2. The summed E-state index contributed by atoms with van der Waals surface area (Å²) in [5.41, 5.74) is 4.55. The number of aromatic nitrogens is 1. The van der Waals surface area contributed by atoms with Crippen molar-refractivity contribution in [3.63, 3.8) is 0 Å². The smallest absolute Gasteiger partial charge is 0.191 e. The SMILES string of the molecule is Cn1ccccc1=NNC(=S)Nc1ccccc1. The van der Waals surface area contributed by atoms with Gasteiger partial charge in [-0.05, 0) is 36.5 Å². The fraction of sp³-hybridized carbons (Fsp3) is 0.0769. The van der Waals surface area contributed by atoms with E-state index in [9.17, 15) is 0 Å². The molecule has 2 N–H and O–H groups in total. The summed E-state index contributed by atoms with van der Waals surface area (Å²) >= 11 is 5.15. The van der Waals surface area contributed by atoms with Gasteiger partial charge in [0, 0.05) is 18.9 Å². The average Bonchev–Trinajstić information content (AvgIpc) is 2.39. The van der Waals surface area contributed by atoms with E-state index in [0.29, 0.717) is 5.11 Å². The molecule has 18 heavy (non-hydrogen) atoms. The Morgan fingerprint density at radius 2 is 1.83 bits per heavy atom. The molecule has 0 saturated carbocycles. The molecule has 1 aromatic carbocycles. The Bertz CT molecular complexity index is 589. The second-order valence-corrected chi connectivity index (χ2v) is 4.12. The standard InChI is InChI=1S/C13H14N4S/c1-17-10-6-5-9-12(17)15-16-13(18)14-11-7-3-2-4-8-11/h2-10H,1H3,(H2,14,16,18). The Morgan fingerprint density at radius 1 is 1.11 bits per heavy atom. The van der Waals surface area contributed by atoms with Crippen molar-refractivity contribution < 1.29 is 0 Å². The van der Waals surface area contributed by atoms with Gasteiger partial charge in [-0.25, -0.2) is 0 Å². The molecule has 2 rings (SSSR count). The Labute approximate surface area is 111 Å². The summed E-state index contributed by atoms with van der Waals surface area (Å²) in [6.07, 6.45) is 1.92. The highest BCUT2D eigenvalue weighted by molar-refractivity contribution is 7.80. The molecule has 0 aliphatic carbocycles. The summed E-state index contributed by atoms with van der Waals surface area (Å²) in [4.78, 5) is 0. The van der Waals surface area contributed by atoms with Crippen LogP contribution in [0.25, 0.3) is 0 Å². The van der Waals surface area contributed by atoms with Crippen LogP contribution in [0.1, 0.15) is 0 Å². The Kier molecular flexibility index (Phi) is 4.09. The zero-order valence-electron chi connectivity index (χ0n) is 10.00. The molecule has 0 unspecified atom stereocenters. The first-order valence-electron chi connectivity index (χ1n) is 5.53. The maximum absolute atomic E-state index is 5.15. The van der Waals surface area contributed by atoms with Gasteiger partial charge in [-0.15, -0.1) is 0 Å². The van der Waals surface area contributed by atoms with Crippen molar-refractivity contribution in [3.8, 4) is 0 Å². The highest BCUT2D eigenvalue weighted by Crippen LogP contribution is 2.03. The van der Waals surface area contributed by atoms with Gasteiger partial charge in [0.05, 0.1) is 0 Å². The Hall–Kier alpha value is -2.14. The second kappa shape index (κ2) is 5.97. The molecular weight excluding hydrogens is 244 g/mol. The van der Waals surface area contributed by atoms with Crippen molar-refractivity contribution in [2.24, 2.45) is 12.1 Å². The molecule has 1 heterocycles. The molecule has 0 saturated heterocycles. The van der Waals surface area contributed by atoms with Gasteiger partial charge in [0.15, 0.2) is 10.6 Å². The van der Waals surface area contributed by atoms with E-state index in [1.807, 2.05) is 66.3 Å². The molecule has 0 aliphatic heterocycles. The summed E-state index contributed by atoms with van der Waals surface area (Å²) < 4.78 is 1.90. The van der Waals surface area contributed by atoms with Gasteiger partial charge >= 0.3 is 0 Å². The summed E-state index contributed by atoms with van der Waals surface area (Å²) in [5.74, 6) is 0. The highest BCUT2D eigenvalue weighted by atomic mass is 32.1. The third-order valence-electron chi connectivity index (χ3n) is 2.33. The topological polar surface area (TPSA) is 41.4 Å². The fourth-order valence-corrected chi connectivity index (χ4v) is 1.58. The average molecular weight is 258 g/mol. The molecule has 0 spiro atoms. The van der Waals surface area contributed by atoms with Crippen molar-refractivity contribution in [1.29, 1.82) is 0 Å². The van der Waals surface area contributed by atoms with Crippen LogP contribution < -0.4 is 16.2 Å². The van der Waals surface area contributed by atoms with Crippen LogP contribution in [0.2, 0.25) is 0 Å². The zero-order valence-corrected chi connectivity index (χ0v) is 10.8. The first kappa shape index (κ1) is 12.3. The van der Waals surface area contributed by atoms with E-state index in [0.717, 1.165) is 11.2 Å². The minimum atomic E-state index is 0.463. The third kappa shape index (κ3) is 3.43. The molecule has 0 amide bonds. The number of para-hydroxylation sites is 1. The molecule has 0 atom stereocenters. The maximum atomic E-state index is 5.15. The number of benzene rings is 1. The van der Waals surface area contributed by atoms with Gasteiger partial charge in [0.25, 0.3) is 0 Å². The molecule has 5 heteroatoms. The summed E-state index contributed by atoms with van der Waals surface area (Å²) in [6, 6.07) is 15.5. The van der Waals surface area contributed by atoms with Crippen LogP contribution >= 0.6 is 12.2 Å². The van der Waals surface area contributed by atoms with E-state index < -0.39 is 0 Å². The predicted molar refractivity (Wildman–Crippen MR) is 76.8 cm³/mol. The van der Waals surface area contributed by atoms with E-state index in [4.69, 9.17) is 12.2 Å². The number of thiocarbonyl (C=S) groups is 1. The number of aryl methyl sites for hydroxylation is 1. The number of rotatable bonds is 2. The molecular formula is C13H14N4S. The lowest BCUT2D eigenvalue weighted by Crippen LogP contribution is -2.28. The number of hydrogen-bond acceptors (Lipinski definition) is 2. The predicted octanol–water partition coefficient (Wildman–Crippen LogP) is 1.83. The van der Waals surface area contributed by atoms with Crippen molar-refractivity contribution in [1.82, 2.24) is 9.99 Å². The summed E-state index contributed by atoms with van der Waals surface area (Å²) in [5, 5.41) is 7.72. The monoisotopic (exact) mass is 258 g/mol. The molecule has 2 aromatic rings. The van der Waals surface area contributed by atoms with E-state index in [-0.39, 0.29) is 0 Å². The van der Waals surface area contributed by atoms with Crippen LogP contribution in [0.3, 0.4) is 0 Å². The van der Waals surface area contributed by atoms with Crippen molar-refractivity contribution in [2.75, 3.05) is 5.32 Å². The second-order valence-electron chi connectivity index (χ2n) is 3.71. The number of pyridine rings is 1. The lowest BCUT2D eigenvalue weighted by Gasteiger charge is -2.06. The van der Waals surface area contributed by atoms with Gasteiger partial charge < -0.3 is 9.88 Å². The van der Waals surface area contributed by atoms with Gasteiger partial charge in [0.1, 0.15) is 0 Å². The quantitative estimate of drug-likeness (QED) is 0.638. The molecule has 0 bridgehead atoms. The first-order valence-corrected chi connectivity index (χ1v) is 5.94. The van der Waals surface area contributed by atoms with Crippen LogP contribution in [-0.4, -0.2) is 9.68 Å². The van der Waals surface area contributed by atoms with Crippen LogP contribution in [0.4, 0.5) is 5.69 Å². The van der Waals surface area contributed by atoms with Gasteiger partial charge in [-0.3, -0.25) is 5.43 Å². The van der Waals surface area contributed by atoms with E-state index in [1.54, 1.807) is 0 Å². The number of nitrogens with zero attached hydrogens (tertiary/aromatic N) is 2. The normalized spacial score (nSPS) is 11.1. The molecule has 0 aliphatic rings. The van der Waals surface area contributed by atoms with Gasteiger partial charge in [-0.1, -0.05) is 24.3 Å². The van der Waals surface area contributed by atoms with Gasteiger partial charge in [0.2, 0.25) is 0 Å². The molecule has 1 aromatic heterocycles. The van der Waals surface area contributed by atoms with Crippen molar-refractivity contribution in [2.45, 2.75) is 0 Å². The largest absolute Gasteiger partial charge is 0.335 e. The van der Waals surface area contributed by atoms with Crippen LogP contribution in [0.5, 0.6) is 0 Å². The highest BCUT2D eigenvalue weighted by Gasteiger charge is 1.94. The van der Waals surface area contributed by atoms with Crippen LogP contribution in [0.15, 0.2) is 59.8 Å². The van der Waals surface area contributed by atoms with Crippen molar-refractivity contribution in [3.05, 3.63) is 60.2 Å². The fourth-order valence-electron chi connectivity index (χ4n) is 1.42. The molecule has 4 nitrogen and oxygen atoms in total. The summed E-state index contributed by atoms with van der Waals surface area (Å²) in [7, 11) is 1.92. The van der Waals surface area contributed by atoms with Gasteiger partial charge in [-0.2, -0.15) is 5.10 Å². The first-order chi connectivity index (χ1) is 8.75. The molecule has 0 fully saturated rings. The molecule has 92 valence electrons.